The van der Waals surface area contributed by atoms with Crippen molar-refractivity contribution in [3.05, 3.63) is 96.1 Å². The standard InChI is InChI=1S/C28H29N5O/c1-20-31-26-18-30-14-11-27(26)33(20)19-21-12-15-32(16-13-21)28(34)17-25(22-5-3-2-4-6-22)23-7-9-24(29)10-8-23/h2-11,14,17-18,21H,12-13,15-16,19,29H2,1H3/b25-17-. The number of nitrogens with two attached hydrogens (primary N) is 1. The fourth-order valence-electron chi connectivity index (χ4n) is 4.76. The van der Waals surface area contributed by atoms with Gasteiger partial charge in [-0.2, -0.15) is 0 Å². The van der Waals surface area contributed by atoms with E-state index >= 15 is 0 Å². The zero-order valence-electron chi connectivity index (χ0n) is 19.4. The van der Waals surface area contributed by atoms with Crippen molar-refractivity contribution in [1.82, 2.24) is 19.4 Å². The van der Waals surface area contributed by atoms with E-state index in [-0.39, 0.29) is 5.91 Å². The average Bonchev–Trinajstić information content (AvgIpc) is 3.19. The molecule has 6 nitrogen and oxygen atoms in total. The molecule has 0 radical (unpaired) electrons. The lowest BCUT2D eigenvalue weighted by atomic mass is 9.95. The van der Waals surface area contributed by atoms with E-state index in [9.17, 15) is 4.79 Å². The predicted octanol–water partition coefficient (Wildman–Crippen LogP) is 4.69. The molecule has 0 bridgehead atoms. The van der Waals surface area contributed by atoms with Crippen LogP contribution in [0.5, 0.6) is 0 Å². The zero-order chi connectivity index (χ0) is 23.5. The van der Waals surface area contributed by atoms with Crippen molar-refractivity contribution in [1.29, 1.82) is 0 Å². The zero-order valence-corrected chi connectivity index (χ0v) is 19.4. The molecule has 4 aromatic rings. The first-order valence-corrected chi connectivity index (χ1v) is 11.8. The number of hydrogen-bond donors (Lipinski definition) is 1. The first-order valence-electron chi connectivity index (χ1n) is 11.8. The van der Waals surface area contributed by atoms with Gasteiger partial charge in [0.15, 0.2) is 0 Å². The van der Waals surface area contributed by atoms with Gasteiger partial charge in [0.05, 0.1) is 11.7 Å². The number of benzene rings is 2. The molecule has 1 aliphatic heterocycles. The highest BCUT2D eigenvalue weighted by atomic mass is 16.2. The second-order valence-electron chi connectivity index (χ2n) is 8.95. The van der Waals surface area contributed by atoms with Crippen LogP contribution in [0.4, 0.5) is 5.69 Å². The van der Waals surface area contributed by atoms with Crippen molar-refractivity contribution in [2.45, 2.75) is 26.3 Å². The van der Waals surface area contributed by atoms with Gasteiger partial charge in [-0.25, -0.2) is 4.98 Å². The minimum atomic E-state index is 0.0597. The summed E-state index contributed by atoms with van der Waals surface area (Å²) in [5.74, 6) is 1.59. The molecule has 1 amide bonds. The molecule has 1 aliphatic rings. The predicted molar refractivity (Wildman–Crippen MR) is 136 cm³/mol. The van der Waals surface area contributed by atoms with Crippen molar-refractivity contribution in [3.8, 4) is 0 Å². The summed E-state index contributed by atoms with van der Waals surface area (Å²) in [7, 11) is 0. The van der Waals surface area contributed by atoms with Crippen LogP contribution in [-0.2, 0) is 11.3 Å². The van der Waals surface area contributed by atoms with Gasteiger partial charge in [-0.1, -0.05) is 42.5 Å². The van der Waals surface area contributed by atoms with Gasteiger partial charge in [-0.3, -0.25) is 9.78 Å². The second-order valence-corrected chi connectivity index (χ2v) is 8.95. The van der Waals surface area contributed by atoms with E-state index < -0.39 is 0 Å². The van der Waals surface area contributed by atoms with Gasteiger partial charge >= 0.3 is 0 Å². The third-order valence-corrected chi connectivity index (χ3v) is 6.68. The number of amides is 1. The van der Waals surface area contributed by atoms with Gasteiger partial charge in [-0.05, 0) is 60.6 Å². The van der Waals surface area contributed by atoms with E-state index in [1.54, 1.807) is 6.08 Å². The highest BCUT2D eigenvalue weighted by Gasteiger charge is 2.24. The number of carbonyl (C=O) groups is 1. The molecule has 0 unspecified atom stereocenters. The summed E-state index contributed by atoms with van der Waals surface area (Å²) in [6, 6.07) is 19.8. The maximum Gasteiger partial charge on any atom is 0.247 e. The lowest BCUT2D eigenvalue weighted by molar-refractivity contribution is -0.127. The van der Waals surface area contributed by atoms with Gasteiger partial charge in [0.25, 0.3) is 0 Å². The van der Waals surface area contributed by atoms with E-state index in [0.29, 0.717) is 11.6 Å². The van der Waals surface area contributed by atoms with Crippen molar-refractivity contribution < 1.29 is 4.79 Å². The fraction of sp³-hybridized carbons (Fsp3) is 0.250. The SMILES string of the molecule is Cc1nc2cnccc2n1CC1CCN(C(=O)/C=C(/c2ccccc2)c2ccc(N)cc2)CC1. The van der Waals surface area contributed by atoms with Crippen LogP contribution in [0, 0.1) is 12.8 Å². The number of hydrogen-bond acceptors (Lipinski definition) is 4. The number of imidazole rings is 1. The van der Waals surface area contributed by atoms with Gasteiger partial charge in [0.2, 0.25) is 5.91 Å². The number of nitrogens with zero attached hydrogens (tertiary/aromatic N) is 4. The van der Waals surface area contributed by atoms with Crippen LogP contribution in [0.2, 0.25) is 0 Å². The van der Waals surface area contributed by atoms with Crippen molar-refractivity contribution in [3.63, 3.8) is 0 Å². The second kappa shape index (κ2) is 9.51. The summed E-state index contributed by atoms with van der Waals surface area (Å²) >= 11 is 0. The lowest BCUT2D eigenvalue weighted by Crippen LogP contribution is -2.38. The molecule has 172 valence electrons. The Labute approximate surface area is 199 Å². The van der Waals surface area contributed by atoms with E-state index in [0.717, 1.165) is 66.0 Å². The number of nitrogen functional groups attached to an aromatic ring is 1. The minimum absolute atomic E-state index is 0.0597. The number of piperidine rings is 1. The van der Waals surface area contributed by atoms with Crippen LogP contribution in [0.3, 0.4) is 0 Å². The Morgan fingerprint density at radius 2 is 1.74 bits per heavy atom. The van der Waals surface area contributed by atoms with Gasteiger partial charge in [0, 0.05) is 37.6 Å². The summed E-state index contributed by atoms with van der Waals surface area (Å²) in [6.07, 6.45) is 7.37. The van der Waals surface area contributed by atoms with Gasteiger partial charge < -0.3 is 15.2 Å². The Morgan fingerprint density at radius 1 is 1.03 bits per heavy atom. The van der Waals surface area contributed by atoms with E-state index in [4.69, 9.17) is 5.73 Å². The third kappa shape index (κ3) is 4.57. The molecular formula is C28H29N5O. The van der Waals surface area contributed by atoms with Gasteiger partial charge in [0.1, 0.15) is 11.3 Å². The molecule has 0 aliphatic carbocycles. The number of fused-ring (bicyclic) bond motifs is 1. The first-order chi connectivity index (χ1) is 16.6. The van der Waals surface area contributed by atoms with Crippen molar-refractivity contribution in [2.75, 3.05) is 18.8 Å². The van der Waals surface area contributed by atoms with Crippen molar-refractivity contribution in [2.24, 2.45) is 5.92 Å². The fourth-order valence-corrected chi connectivity index (χ4v) is 4.76. The molecular weight excluding hydrogens is 422 g/mol. The summed E-state index contributed by atoms with van der Waals surface area (Å²) in [5.41, 5.74) is 11.6. The molecule has 2 aromatic carbocycles. The minimum Gasteiger partial charge on any atom is -0.399 e. The molecule has 0 saturated carbocycles. The molecule has 1 fully saturated rings. The number of rotatable bonds is 5. The molecule has 3 heterocycles. The average molecular weight is 452 g/mol. The maximum atomic E-state index is 13.3. The molecule has 6 heteroatoms. The number of pyridine rings is 1. The molecule has 0 spiro atoms. The van der Waals surface area contributed by atoms with E-state index in [1.165, 1.54) is 0 Å². The highest BCUT2D eigenvalue weighted by Crippen LogP contribution is 2.27. The number of carbonyl (C=O) groups excluding carboxylic acids is 1. The number of likely N-dealkylation sites (tertiary alicyclic amines) is 1. The highest BCUT2D eigenvalue weighted by molar-refractivity contribution is 5.99. The maximum absolute atomic E-state index is 13.3. The van der Waals surface area contributed by atoms with Crippen LogP contribution in [0.1, 0.15) is 29.8 Å². The van der Waals surface area contributed by atoms with Crippen LogP contribution in [-0.4, -0.2) is 38.4 Å². The Balaban J connectivity index is 1.30. The van der Waals surface area contributed by atoms with Crippen LogP contribution < -0.4 is 5.73 Å². The monoisotopic (exact) mass is 451 g/mol. The van der Waals surface area contributed by atoms with Gasteiger partial charge in [-0.15, -0.1) is 0 Å². The largest absolute Gasteiger partial charge is 0.399 e. The van der Waals surface area contributed by atoms with Crippen molar-refractivity contribution >= 4 is 28.2 Å². The molecule has 2 aromatic heterocycles. The van der Waals surface area contributed by atoms with Crippen LogP contribution in [0.25, 0.3) is 16.6 Å². The summed E-state index contributed by atoms with van der Waals surface area (Å²) in [4.78, 5) is 24.1. The third-order valence-electron chi connectivity index (χ3n) is 6.68. The van der Waals surface area contributed by atoms with Crippen LogP contribution in [0.15, 0.2) is 79.1 Å². The Hall–Kier alpha value is -3.93. The number of aryl methyl sites for hydroxylation is 1. The van der Waals surface area contributed by atoms with E-state index in [1.807, 2.05) is 84.9 Å². The first kappa shape index (κ1) is 21.9. The summed E-state index contributed by atoms with van der Waals surface area (Å²) in [6.45, 7) is 4.49. The van der Waals surface area contributed by atoms with E-state index in [2.05, 4.69) is 14.5 Å². The van der Waals surface area contributed by atoms with Crippen LogP contribution >= 0.6 is 0 Å². The molecule has 2 N–H and O–H groups in total. The Kier molecular flexibility index (Phi) is 6.12. The quantitative estimate of drug-likeness (QED) is 0.353. The Morgan fingerprint density at radius 3 is 2.47 bits per heavy atom. The topological polar surface area (TPSA) is 77.0 Å². The number of anilines is 1. The normalized spacial score (nSPS) is 15.1. The number of aromatic nitrogens is 3. The lowest BCUT2D eigenvalue weighted by Gasteiger charge is -2.32. The summed E-state index contributed by atoms with van der Waals surface area (Å²) < 4.78 is 2.29. The molecule has 5 rings (SSSR count). The molecule has 1 saturated heterocycles. The summed E-state index contributed by atoms with van der Waals surface area (Å²) in [5, 5.41) is 0. The Bertz CT molecular complexity index is 1320. The molecule has 0 atom stereocenters. The molecule has 34 heavy (non-hydrogen) atoms. The smallest absolute Gasteiger partial charge is 0.247 e.